The number of nitrogens with zero attached hydrogens (tertiary/aromatic N) is 4. The van der Waals surface area contributed by atoms with Crippen LogP contribution in [0.3, 0.4) is 0 Å². The minimum atomic E-state index is -0.993. The number of rotatable bonds is 3. The molecule has 162 valence electrons. The normalized spacial score (nSPS) is 16.6. The maximum atomic E-state index is 13.4. The van der Waals surface area contributed by atoms with Crippen molar-refractivity contribution in [3.63, 3.8) is 0 Å². The van der Waals surface area contributed by atoms with E-state index in [4.69, 9.17) is 21.6 Å². The van der Waals surface area contributed by atoms with Crippen molar-refractivity contribution in [2.75, 3.05) is 5.32 Å². The number of benzene rings is 2. The molecule has 4 aromatic rings. The van der Waals surface area contributed by atoms with Gasteiger partial charge in [0.2, 0.25) is 5.91 Å². The summed E-state index contributed by atoms with van der Waals surface area (Å²) in [6.45, 7) is 1.88. The van der Waals surface area contributed by atoms with Crippen molar-refractivity contribution < 1.29 is 4.79 Å². The number of carbonyl (C=O) groups is 1. The van der Waals surface area contributed by atoms with Crippen molar-refractivity contribution in [3.05, 3.63) is 102 Å². The number of anilines is 1. The van der Waals surface area contributed by atoms with E-state index in [0.717, 1.165) is 11.1 Å². The monoisotopic (exact) mass is 454 g/mol. The minimum Gasteiger partial charge on any atom is -0.364 e. The molecule has 1 amide bonds. The van der Waals surface area contributed by atoms with Gasteiger partial charge in [-0.3, -0.25) is 9.78 Å². The van der Waals surface area contributed by atoms with E-state index in [1.807, 2.05) is 49.4 Å². The highest BCUT2D eigenvalue weighted by molar-refractivity contribution is 6.30. The van der Waals surface area contributed by atoms with Crippen LogP contribution in [0.15, 0.2) is 85.6 Å². The molecule has 0 fully saturated rings. The van der Waals surface area contributed by atoms with Crippen LogP contribution in [0.1, 0.15) is 18.1 Å². The number of carbonyl (C=O) groups excluding carboxylic acids is 1. The van der Waals surface area contributed by atoms with Crippen LogP contribution >= 0.6 is 11.6 Å². The number of H-pyrrole nitrogens is 1. The second-order valence-electron chi connectivity index (χ2n) is 7.66. The van der Waals surface area contributed by atoms with E-state index in [1.165, 1.54) is 0 Å². The average Bonchev–Trinajstić information content (AvgIpc) is 3.18. The van der Waals surface area contributed by atoms with E-state index in [2.05, 4.69) is 20.3 Å². The molecule has 0 spiro atoms. The number of aromatic amines is 1. The van der Waals surface area contributed by atoms with Gasteiger partial charge in [-0.25, -0.2) is 15.0 Å². The molecule has 8 heteroatoms. The fourth-order valence-electron chi connectivity index (χ4n) is 3.92. The molecule has 7 nitrogen and oxygen atoms in total. The van der Waals surface area contributed by atoms with Gasteiger partial charge in [-0.1, -0.05) is 54.1 Å². The average molecular weight is 455 g/mol. The zero-order valence-corrected chi connectivity index (χ0v) is 18.4. The lowest BCUT2D eigenvalue weighted by molar-refractivity contribution is -0.119. The number of nitrogens with one attached hydrogen (secondary N) is 2. The van der Waals surface area contributed by atoms with Crippen LogP contribution in [0.25, 0.3) is 22.8 Å². The van der Waals surface area contributed by atoms with Gasteiger partial charge >= 0.3 is 0 Å². The number of hydrogen-bond acceptors (Lipinski definition) is 5. The van der Waals surface area contributed by atoms with Crippen LogP contribution in [-0.2, 0) is 10.2 Å². The van der Waals surface area contributed by atoms with Crippen LogP contribution in [0.4, 0.5) is 5.82 Å². The molecule has 2 aromatic carbocycles. The first-order valence-electron chi connectivity index (χ1n) is 10.3. The minimum absolute atomic E-state index is 0.177. The highest BCUT2D eigenvalue weighted by atomic mass is 35.5. The van der Waals surface area contributed by atoms with E-state index >= 15 is 0 Å². The zero-order valence-electron chi connectivity index (χ0n) is 17.7. The van der Waals surface area contributed by atoms with Crippen LogP contribution in [0.5, 0.6) is 0 Å². The Kier molecular flexibility index (Phi) is 5.32. The Bertz CT molecular complexity index is 1360. The molecule has 2 aromatic heterocycles. The highest BCUT2D eigenvalue weighted by Crippen LogP contribution is 2.46. The van der Waals surface area contributed by atoms with Gasteiger partial charge in [0.1, 0.15) is 16.9 Å². The van der Waals surface area contributed by atoms with Crippen LogP contribution in [0.2, 0.25) is 5.02 Å². The Morgan fingerprint density at radius 1 is 0.939 bits per heavy atom. The summed E-state index contributed by atoms with van der Waals surface area (Å²) in [7, 11) is 0. The van der Waals surface area contributed by atoms with Crippen LogP contribution < -0.4 is 5.32 Å². The first kappa shape index (κ1) is 20.8. The molecule has 33 heavy (non-hydrogen) atoms. The number of halogens is 1. The summed E-state index contributed by atoms with van der Waals surface area (Å²) in [5, 5.41) is 3.57. The van der Waals surface area contributed by atoms with E-state index in [1.54, 1.807) is 43.1 Å². The standard InChI is InChI=1S/C25H19ClN6O/c1-25(17-7-9-18(26)10-8-17)20-21(16-5-3-2-4-6-16)30-22(31-23(20)32-24(25)33)19-15-28-12-11-27-13-14-29-19/h2-15,28H,1H3,(H,30,31,32,33). The summed E-state index contributed by atoms with van der Waals surface area (Å²) < 4.78 is 0. The third-order valence-corrected chi connectivity index (χ3v) is 5.89. The Balaban J connectivity index is 1.79. The van der Waals surface area contributed by atoms with Crippen molar-refractivity contribution in [2.45, 2.75) is 12.3 Å². The lowest BCUT2D eigenvalue weighted by Gasteiger charge is -2.24. The molecule has 0 radical (unpaired) electrons. The van der Waals surface area contributed by atoms with Gasteiger partial charge in [0.15, 0.2) is 5.82 Å². The molecular formula is C25H19ClN6O. The summed E-state index contributed by atoms with van der Waals surface area (Å²) in [5.41, 5.74) is 2.56. The molecule has 3 heterocycles. The van der Waals surface area contributed by atoms with Gasteiger partial charge in [0, 0.05) is 47.1 Å². The highest BCUT2D eigenvalue weighted by Gasteiger charge is 2.47. The molecule has 1 unspecified atom stereocenters. The summed E-state index contributed by atoms with van der Waals surface area (Å²) in [4.78, 5) is 34.4. The van der Waals surface area contributed by atoms with Gasteiger partial charge in [-0.2, -0.15) is 0 Å². The Hall–Kier alpha value is -4.10. The summed E-state index contributed by atoms with van der Waals surface area (Å²) in [6.07, 6.45) is 8.12. The van der Waals surface area contributed by atoms with Crippen molar-refractivity contribution >= 4 is 23.3 Å². The Morgan fingerprint density at radius 2 is 1.73 bits per heavy atom. The third kappa shape index (κ3) is 3.72. The molecule has 5 rings (SSSR count). The third-order valence-electron chi connectivity index (χ3n) is 5.64. The predicted octanol–water partition coefficient (Wildman–Crippen LogP) is 4.96. The van der Waals surface area contributed by atoms with Crippen molar-refractivity contribution in [1.82, 2.24) is 24.9 Å². The maximum absolute atomic E-state index is 13.4. The van der Waals surface area contributed by atoms with Gasteiger partial charge in [-0.15, -0.1) is 0 Å². The fraction of sp³-hybridized carbons (Fsp3) is 0.0800. The Morgan fingerprint density at radius 3 is 2.52 bits per heavy atom. The first-order chi connectivity index (χ1) is 16.1. The van der Waals surface area contributed by atoms with E-state index < -0.39 is 5.41 Å². The van der Waals surface area contributed by atoms with Crippen molar-refractivity contribution in [2.24, 2.45) is 0 Å². The number of amides is 1. The zero-order chi connectivity index (χ0) is 22.8. The smallest absolute Gasteiger partial charge is 0.240 e. The van der Waals surface area contributed by atoms with Gasteiger partial charge in [0.25, 0.3) is 0 Å². The van der Waals surface area contributed by atoms with Crippen molar-refractivity contribution in [3.8, 4) is 22.8 Å². The maximum Gasteiger partial charge on any atom is 0.240 e. The molecule has 0 saturated heterocycles. The molecular weight excluding hydrogens is 436 g/mol. The van der Waals surface area contributed by atoms with Crippen LogP contribution in [0, 0.1) is 0 Å². The van der Waals surface area contributed by atoms with E-state index in [-0.39, 0.29) is 5.91 Å². The van der Waals surface area contributed by atoms with Crippen LogP contribution in [-0.4, -0.2) is 30.8 Å². The number of aromatic nitrogens is 5. The van der Waals surface area contributed by atoms with Crippen molar-refractivity contribution in [1.29, 1.82) is 0 Å². The second-order valence-corrected chi connectivity index (χ2v) is 8.10. The summed E-state index contributed by atoms with van der Waals surface area (Å²) in [6, 6.07) is 17.0. The lowest BCUT2D eigenvalue weighted by atomic mass is 9.76. The molecule has 1 aliphatic heterocycles. The quantitative estimate of drug-likeness (QED) is 0.456. The number of hydrogen-bond donors (Lipinski definition) is 2. The van der Waals surface area contributed by atoms with Gasteiger partial charge < -0.3 is 10.3 Å². The summed E-state index contributed by atoms with van der Waals surface area (Å²) in [5.74, 6) is 0.658. The molecule has 2 N–H and O–H groups in total. The Labute approximate surface area is 195 Å². The fourth-order valence-corrected chi connectivity index (χ4v) is 4.05. The summed E-state index contributed by atoms with van der Waals surface area (Å²) >= 11 is 6.11. The SMILES string of the molecule is CC1(c2ccc(Cl)cc2)C(=O)Nc2nc(-c3c[nH]ccnccn3)nc(-c3ccccc3)c21. The predicted molar refractivity (Wildman–Crippen MR) is 127 cm³/mol. The molecule has 0 bridgehead atoms. The largest absolute Gasteiger partial charge is 0.364 e. The number of fused-ring (bicyclic) bond motifs is 1. The topological polar surface area (TPSA) is 96.5 Å². The lowest BCUT2D eigenvalue weighted by Crippen LogP contribution is -2.32. The second kappa shape index (κ2) is 8.44. The van der Waals surface area contributed by atoms with E-state index in [0.29, 0.717) is 33.6 Å². The van der Waals surface area contributed by atoms with E-state index in [9.17, 15) is 4.79 Å². The molecule has 0 saturated carbocycles. The first-order valence-corrected chi connectivity index (χ1v) is 10.7. The molecule has 0 aliphatic carbocycles. The van der Waals surface area contributed by atoms with Gasteiger partial charge in [-0.05, 0) is 24.6 Å². The molecule has 1 atom stereocenters. The van der Waals surface area contributed by atoms with Gasteiger partial charge in [0.05, 0.1) is 5.69 Å². The molecule has 1 aliphatic rings.